The molecule has 0 saturated carbocycles. The Morgan fingerprint density at radius 3 is 2.74 bits per heavy atom. The highest BCUT2D eigenvalue weighted by Crippen LogP contribution is 2.29. The number of quaternary nitrogens is 1. The number of thiazole rings is 1. The fourth-order valence-electron chi connectivity index (χ4n) is 2.66. The Morgan fingerprint density at radius 1 is 1.22 bits per heavy atom. The van der Waals surface area contributed by atoms with Crippen molar-refractivity contribution in [3.8, 4) is 5.75 Å². The minimum atomic E-state index is -0.306. The summed E-state index contributed by atoms with van der Waals surface area (Å²) in [5.41, 5.74) is 0.691. The van der Waals surface area contributed by atoms with Gasteiger partial charge in [-0.05, 0) is 30.3 Å². The van der Waals surface area contributed by atoms with Gasteiger partial charge in [-0.1, -0.05) is 29.5 Å². The van der Waals surface area contributed by atoms with Crippen molar-refractivity contribution in [3.63, 3.8) is 0 Å². The minimum Gasteiger partial charge on any atom is -0.484 e. The van der Waals surface area contributed by atoms with E-state index in [0.717, 1.165) is 17.7 Å². The van der Waals surface area contributed by atoms with Crippen LogP contribution in [0.3, 0.4) is 0 Å². The second-order valence-corrected chi connectivity index (χ2v) is 7.58. The van der Waals surface area contributed by atoms with Crippen molar-refractivity contribution in [3.05, 3.63) is 54.3 Å². The Bertz CT molecular complexity index is 899. The number of aromatic nitrogens is 1. The summed E-state index contributed by atoms with van der Waals surface area (Å²) in [5, 5.41) is 0.575. The monoisotopic (exact) mass is 388 g/mol. The number of para-hydroxylation sites is 1. The molecule has 142 valence electrons. The molecule has 1 heterocycles. The van der Waals surface area contributed by atoms with E-state index in [1.165, 1.54) is 28.4 Å². The van der Waals surface area contributed by atoms with Crippen LogP contribution in [0.15, 0.2) is 48.5 Å². The standard InChI is InChI=1S/C20H22FN3O2S/c1-23(2)11-6-12-24(19(25)14-26-16-7-4-3-5-8-16)20-22-17-10-9-15(21)13-18(17)27-20/h3-5,7-10,13H,6,11-12,14H2,1-2H3/p+1. The molecule has 3 rings (SSSR count). The third kappa shape index (κ3) is 5.24. The normalized spacial score (nSPS) is 11.1. The molecule has 0 aliphatic carbocycles. The number of rotatable bonds is 8. The third-order valence-electron chi connectivity index (χ3n) is 4.04. The molecule has 1 amide bonds. The number of ether oxygens (including phenoxy) is 1. The highest BCUT2D eigenvalue weighted by molar-refractivity contribution is 7.22. The first-order chi connectivity index (χ1) is 13.0. The molecule has 0 radical (unpaired) electrons. The van der Waals surface area contributed by atoms with Gasteiger partial charge in [0.25, 0.3) is 5.91 Å². The van der Waals surface area contributed by atoms with Crippen molar-refractivity contribution in [2.75, 3.05) is 38.7 Å². The molecule has 27 heavy (non-hydrogen) atoms. The van der Waals surface area contributed by atoms with Gasteiger partial charge in [0.2, 0.25) is 0 Å². The van der Waals surface area contributed by atoms with Gasteiger partial charge in [0.1, 0.15) is 11.6 Å². The number of amides is 1. The summed E-state index contributed by atoms with van der Waals surface area (Å²) in [6.07, 6.45) is 0.837. The molecule has 0 spiro atoms. The second-order valence-electron chi connectivity index (χ2n) is 6.57. The Balaban J connectivity index is 1.77. The predicted molar refractivity (Wildman–Crippen MR) is 106 cm³/mol. The van der Waals surface area contributed by atoms with Gasteiger partial charge in [0.15, 0.2) is 11.7 Å². The number of fused-ring (bicyclic) bond motifs is 1. The van der Waals surface area contributed by atoms with E-state index in [2.05, 4.69) is 19.1 Å². The average molecular weight is 388 g/mol. The molecule has 7 heteroatoms. The Hall–Kier alpha value is -2.51. The maximum absolute atomic E-state index is 13.5. The third-order valence-corrected chi connectivity index (χ3v) is 5.08. The molecule has 2 aromatic carbocycles. The van der Waals surface area contributed by atoms with E-state index in [0.29, 0.717) is 22.9 Å². The number of anilines is 1. The summed E-state index contributed by atoms with van der Waals surface area (Å²) in [4.78, 5) is 20.3. The summed E-state index contributed by atoms with van der Waals surface area (Å²) in [6, 6.07) is 13.7. The van der Waals surface area contributed by atoms with Gasteiger partial charge in [-0.15, -0.1) is 0 Å². The van der Waals surface area contributed by atoms with Gasteiger partial charge in [0.05, 0.1) is 30.9 Å². The lowest BCUT2D eigenvalue weighted by atomic mass is 10.3. The zero-order valence-electron chi connectivity index (χ0n) is 15.4. The van der Waals surface area contributed by atoms with E-state index in [4.69, 9.17) is 4.74 Å². The van der Waals surface area contributed by atoms with Gasteiger partial charge >= 0.3 is 0 Å². The molecule has 0 aliphatic rings. The Morgan fingerprint density at radius 2 is 2.00 bits per heavy atom. The summed E-state index contributed by atoms with van der Waals surface area (Å²) < 4.78 is 19.8. The zero-order valence-corrected chi connectivity index (χ0v) is 16.3. The van der Waals surface area contributed by atoms with Crippen LogP contribution >= 0.6 is 11.3 Å². The molecule has 1 aromatic heterocycles. The summed E-state index contributed by atoms with van der Waals surface area (Å²) in [7, 11) is 4.15. The lowest BCUT2D eigenvalue weighted by Gasteiger charge is -2.20. The SMILES string of the molecule is C[NH+](C)CCCN(C(=O)COc1ccccc1)c1nc2ccc(F)cc2s1. The Labute approximate surface area is 162 Å². The average Bonchev–Trinajstić information content (AvgIpc) is 3.06. The molecule has 0 fully saturated rings. The van der Waals surface area contributed by atoms with Gasteiger partial charge in [0, 0.05) is 13.0 Å². The molecular formula is C20H23FN3O2S+. The Kier molecular flexibility index (Phi) is 6.36. The molecule has 3 aromatic rings. The fourth-order valence-corrected chi connectivity index (χ4v) is 3.69. The van der Waals surface area contributed by atoms with Crippen molar-refractivity contribution in [1.82, 2.24) is 4.98 Å². The summed E-state index contributed by atoms with van der Waals surface area (Å²) in [5.74, 6) is 0.182. The van der Waals surface area contributed by atoms with Gasteiger partial charge in [-0.3, -0.25) is 9.69 Å². The number of nitrogens with one attached hydrogen (secondary N) is 1. The summed E-state index contributed by atoms with van der Waals surface area (Å²) in [6.45, 7) is 1.41. The molecular weight excluding hydrogens is 365 g/mol. The number of hydrogen-bond acceptors (Lipinski definition) is 4. The van der Waals surface area contributed by atoms with Crippen molar-refractivity contribution < 1.29 is 18.8 Å². The first-order valence-electron chi connectivity index (χ1n) is 8.86. The zero-order chi connectivity index (χ0) is 19.2. The van der Waals surface area contributed by atoms with E-state index in [1.807, 2.05) is 30.3 Å². The predicted octanol–water partition coefficient (Wildman–Crippen LogP) is 2.38. The molecule has 0 saturated heterocycles. The quantitative estimate of drug-likeness (QED) is 0.645. The largest absolute Gasteiger partial charge is 0.484 e. The van der Waals surface area contributed by atoms with Crippen molar-refractivity contribution in [2.45, 2.75) is 6.42 Å². The van der Waals surface area contributed by atoms with E-state index < -0.39 is 0 Å². The lowest BCUT2D eigenvalue weighted by molar-refractivity contribution is -0.858. The van der Waals surface area contributed by atoms with Crippen LogP contribution in [0.4, 0.5) is 9.52 Å². The van der Waals surface area contributed by atoms with Crippen LogP contribution in [0.2, 0.25) is 0 Å². The highest BCUT2D eigenvalue weighted by Gasteiger charge is 2.20. The highest BCUT2D eigenvalue weighted by atomic mass is 32.1. The number of carbonyl (C=O) groups is 1. The topological polar surface area (TPSA) is 46.9 Å². The number of carbonyl (C=O) groups excluding carboxylic acids is 1. The van der Waals surface area contributed by atoms with Crippen LogP contribution in [0.1, 0.15) is 6.42 Å². The molecule has 1 N–H and O–H groups in total. The van der Waals surface area contributed by atoms with Crippen LogP contribution in [-0.4, -0.2) is 44.7 Å². The number of halogens is 1. The van der Waals surface area contributed by atoms with Gasteiger partial charge < -0.3 is 9.64 Å². The lowest BCUT2D eigenvalue weighted by Crippen LogP contribution is -3.05. The van der Waals surface area contributed by atoms with E-state index in [9.17, 15) is 9.18 Å². The van der Waals surface area contributed by atoms with Crippen LogP contribution in [0, 0.1) is 5.82 Å². The number of hydrogen-bond donors (Lipinski definition) is 1. The van der Waals surface area contributed by atoms with Crippen LogP contribution in [-0.2, 0) is 4.79 Å². The van der Waals surface area contributed by atoms with Crippen LogP contribution in [0.25, 0.3) is 10.2 Å². The number of benzene rings is 2. The molecule has 0 atom stereocenters. The van der Waals surface area contributed by atoms with Crippen LogP contribution < -0.4 is 14.5 Å². The first kappa shape index (κ1) is 19.3. The van der Waals surface area contributed by atoms with E-state index in [1.54, 1.807) is 11.0 Å². The van der Waals surface area contributed by atoms with E-state index in [-0.39, 0.29) is 18.3 Å². The maximum atomic E-state index is 13.5. The maximum Gasteiger partial charge on any atom is 0.266 e. The van der Waals surface area contributed by atoms with Gasteiger partial charge in [-0.2, -0.15) is 0 Å². The van der Waals surface area contributed by atoms with Crippen molar-refractivity contribution in [2.24, 2.45) is 0 Å². The second kappa shape index (κ2) is 8.92. The molecule has 0 aliphatic heterocycles. The van der Waals surface area contributed by atoms with Crippen molar-refractivity contribution in [1.29, 1.82) is 0 Å². The fraction of sp³-hybridized carbons (Fsp3) is 0.300. The molecule has 5 nitrogen and oxygen atoms in total. The number of nitrogens with zero attached hydrogens (tertiary/aromatic N) is 2. The van der Waals surface area contributed by atoms with Gasteiger partial charge in [-0.25, -0.2) is 9.37 Å². The summed E-state index contributed by atoms with van der Waals surface area (Å²) >= 11 is 1.32. The van der Waals surface area contributed by atoms with Crippen LogP contribution in [0.5, 0.6) is 5.75 Å². The smallest absolute Gasteiger partial charge is 0.266 e. The first-order valence-corrected chi connectivity index (χ1v) is 9.68. The minimum absolute atomic E-state index is 0.0663. The van der Waals surface area contributed by atoms with Crippen molar-refractivity contribution >= 4 is 32.6 Å². The van der Waals surface area contributed by atoms with E-state index >= 15 is 0 Å². The molecule has 0 unspecified atom stereocenters. The molecule has 0 bridgehead atoms.